The molecule has 2 atom stereocenters. The summed E-state index contributed by atoms with van der Waals surface area (Å²) in [7, 11) is 0. The smallest absolute Gasteiger partial charge is 0.304 e. The first-order valence-electron chi connectivity index (χ1n) is 11.4. The third-order valence-corrected chi connectivity index (χ3v) is 6.65. The zero-order chi connectivity index (χ0) is 22.2. The Labute approximate surface area is 188 Å². The zero-order valence-corrected chi connectivity index (χ0v) is 18.5. The van der Waals surface area contributed by atoms with Crippen molar-refractivity contribution in [2.75, 3.05) is 6.61 Å². The molecule has 4 nitrogen and oxygen atoms in total. The maximum Gasteiger partial charge on any atom is 0.304 e. The van der Waals surface area contributed by atoms with E-state index in [1.165, 1.54) is 27.8 Å². The van der Waals surface area contributed by atoms with Crippen LogP contribution in [0.15, 0.2) is 60.7 Å². The van der Waals surface area contributed by atoms with Crippen molar-refractivity contribution in [1.29, 1.82) is 0 Å². The van der Waals surface area contributed by atoms with Crippen molar-refractivity contribution in [2.24, 2.45) is 0 Å². The van der Waals surface area contributed by atoms with E-state index in [0.717, 1.165) is 29.9 Å². The van der Waals surface area contributed by atoms with Crippen LogP contribution in [0.5, 0.6) is 11.5 Å². The summed E-state index contributed by atoms with van der Waals surface area (Å²) in [5, 5.41) is 9.11. The van der Waals surface area contributed by atoms with Crippen molar-refractivity contribution in [3.63, 3.8) is 0 Å². The largest absolute Gasteiger partial charge is 0.492 e. The quantitative estimate of drug-likeness (QED) is 0.487. The second kappa shape index (κ2) is 8.34. The maximum absolute atomic E-state index is 11.1. The zero-order valence-electron chi connectivity index (χ0n) is 18.5. The molecule has 1 N–H and O–H groups in total. The summed E-state index contributed by atoms with van der Waals surface area (Å²) in [5.74, 6) is 1.08. The normalized spacial score (nSPS) is 18.8. The van der Waals surface area contributed by atoms with Gasteiger partial charge in [0.05, 0.1) is 13.0 Å². The van der Waals surface area contributed by atoms with Crippen molar-refractivity contribution in [2.45, 2.75) is 51.0 Å². The minimum Gasteiger partial charge on any atom is -0.492 e. The highest BCUT2D eigenvalue weighted by Gasteiger charge is 2.29. The lowest BCUT2D eigenvalue weighted by atomic mass is 9.89. The third kappa shape index (κ3) is 3.75. The van der Waals surface area contributed by atoms with Crippen molar-refractivity contribution >= 4 is 5.97 Å². The average molecular weight is 429 g/mol. The van der Waals surface area contributed by atoms with Gasteiger partial charge in [-0.25, -0.2) is 0 Å². The van der Waals surface area contributed by atoms with Crippen molar-refractivity contribution in [3.8, 4) is 22.6 Å². The van der Waals surface area contributed by atoms with Crippen LogP contribution >= 0.6 is 0 Å². The highest BCUT2D eigenvalue weighted by atomic mass is 16.5. The molecule has 32 heavy (non-hydrogen) atoms. The fraction of sp³-hybridized carbons (Fsp3) is 0.321. The first-order chi connectivity index (χ1) is 15.5. The van der Waals surface area contributed by atoms with Crippen LogP contribution in [-0.2, 0) is 11.2 Å². The molecule has 0 radical (unpaired) electrons. The topological polar surface area (TPSA) is 55.8 Å². The fourth-order valence-electron chi connectivity index (χ4n) is 5.11. The summed E-state index contributed by atoms with van der Waals surface area (Å²) in [4.78, 5) is 11.1. The first-order valence-corrected chi connectivity index (χ1v) is 11.4. The second-order valence-corrected chi connectivity index (χ2v) is 9.07. The van der Waals surface area contributed by atoms with Crippen molar-refractivity contribution in [3.05, 3.63) is 82.9 Å². The molecular formula is C28H28O4. The van der Waals surface area contributed by atoms with Crippen LogP contribution in [0.1, 0.15) is 66.9 Å². The highest BCUT2D eigenvalue weighted by molar-refractivity contribution is 5.73. The van der Waals surface area contributed by atoms with Crippen LogP contribution in [0.25, 0.3) is 11.1 Å². The maximum atomic E-state index is 11.1. The number of hydrogen-bond acceptors (Lipinski definition) is 3. The highest BCUT2D eigenvalue weighted by Crippen LogP contribution is 2.43. The molecule has 0 unspecified atom stereocenters. The minimum absolute atomic E-state index is 0.00503. The molecule has 1 aliphatic carbocycles. The minimum atomic E-state index is -0.802. The monoisotopic (exact) mass is 428 g/mol. The van der Waals surface area contributed by atoms with E-state index >= 15 is 0 Å². The number of carboxylic acids is 1. The van der Waals surface area contributed by atoms with Crippen LogP contribution in [0.2, 0.25) is 0 Å². The molecule has 3 aromatic carbocycles. The lowest BCUT2D eigenvalue weighted by Gasteiger charge is -2.18. The number of aliphatic carboxylic acids is 1. The van der Waals surface area contributed by atoms with E-state index in [4.69, 9.17) is 14.6 Å². The molecule has 0 aromatic heterocycles. The Morgan fingerprint density at radius 2 is 1.88 bits per heavy atom. The Morgan fingerprint density at radius 3 is 2.69 bits per heavy atom. The summed E-state index contributed by atoms with van der Waals surface area (Å²) < 4.78 is 12.2. The standard InChI is InChI=1S/C28H28O4/c1-17(2)20-6-3-4-7-22(20)23-8-5-9-25-24(23)12-13-26(25)32-19-10-11-21-18(14-28(29)30)16-31-27(21)15-19/h3-11,15,17-18,26H,12-14,16H2,1-2H3,(H,29,30)/t18-,26-/m1/s1. The van der Waals surface area contributed by atoms with E-state index in [-0.39, 0.29) is 18.4 Å². The van der Waals surface area contributed by atoms with Crippen LogP contribution in [0, 0.1) is 0 Å². The van der Waals surface area contributed by atoms with E-state index in [1.54, 1.807) is 0 Å². The van der Waals surface area contributed by atoms with Crippen molar-refractivity contribution < 1.29 is 19.4 Å². The fourth-order valence-corrected chi connectivity index (χ4v) is 5.11. The number of benzene rings is 3. The Morgan fingerprint density at radius 1 is 1.06 bits per heavy atom. The second-order valence-electron chi connectivity index (χ2n) is 9.07. The van der Waals surface area contributed by atoms with Gasteiger partial charge < -0.3 is 14.6 Å². The molecule has 5 rings (SSSR count). The van der Waals surface area contributed by atoms with Gasteiger partial charge in [-0.2, -0.15) is 0 Å². The van der Waals surface area contributed by atoms with Gasteiger partial charge in [-0.3, -0.25) is 4.79 Å². The average Bonchev–Trinajstić information content (AvgIpc) is 3.37. The molecule has 3 aromatic rings. The Bertz CT molecular complexity index is 1160. The van der Waals surface area contributed by atoms with Crippen molar-refractivity contribution in [1.82, 2.24) is 0 Å². The first kappa shape index (κ1) is 20.6. The van der Waals surface area contributed by atoms with Crippen LogP contribution in [0.4, 0.5) is 0 Å². The molecule has 1 heterocycles. The van der Waals surface area contributed by atoms with E-state index in [2.05, 4.69) is 56.3 Å². The lowest BCUT2D eigenvalue weighted by Crippen LogP contribution is -2.07. The number of carbonyl (C=O) groups is 1. The number of ether oxygens (including phenoxy) is 2. The number of carboxylic acid groups (broad SMARTS) is 1. The van der Waals surface area contributed by atoms with Gasteiger partial charge in [0.15, 0.2) is 0 Å². The Balaban J connectivity index is 1.41. The SMILES string of the molecule is CC(C)c1ccccc1-c1cccc2c1CC[C@H]2Oc1ccc2c(c1)OC[C@H]2CC(=O)O. The molecular weight excluding hydrogens is 400 g/mol. The Hall–Kier alpha value is -3.27. The molecule has 0 spiro atoms. The molecule has 1 aliphatic heterocycles. The molecule has 2 aliphatic rings. The van der Waals surface area contributed by atoms with Gasteiger partial charge in [0.2, 0.25) is 0 Å². The summed E-state index contributed by atoms with van der Waals surface area (Å²) in [6.07, 6.45) is 2.02. The predicted octanol–water partition coefficient (Wildman–Crippen LogP) is 6.49. The van der Waals surface area contributed by atoms with E-state index < -0.39 is 5.97 Å². The van der Waals surface area contributed by atoms with Gasteiger partial charge in [0.1, 0.15) is 17.6 Å². The molecule has 0 amide bonds. The van der Waals surface area contributed by atoms with Gasteiger partial charge in [-0.15, -0.1) is 0 Å². The van der Waals surface area contributed by atoms with Gasteiger partial charge in [0.25, 0.3) is 0 Å². The number of rotatable bonds is 6. The number of fused-ring (bicyclic) bond motifs is 2. The van der Waals surface area contributed by atoms with E-state index in [1.807, 2.05) is 18.2 Å². The van der Waals surface area contributed by atoms with E-state index in [0.29, 0.717) is 12.5 Å². The summed E-state index contributed by atoms with van der Waals surface area (Å²) in [5.41, 5.74) is 7.59. The molecule has 164 valence electrons. The molecule has 4 heteroatoms. The molecule has 0 bridgehead atoms. The van der Waals surface area contributed by atoms with Gasteiger partial charge in [-0.1, -0.05) is 62.4 Å². The summed E-state index contributed by atoms with van der Waals surface area (Å²) in [6.45, 7) is 4.89. The van der Waals surface area contributed by atoms with Gasteiger partial charge in [0, 0.05) is 17.5 Å². The molecule has 0 saturated heterocycles. The lowest BCUT2D eigenvalue weighted by molar-refractivity contribution is -0.137. The van der Waals surface area contributed by atoms with Crippen LogP contribution < -0.4 is 9.47 Å². The van der Waals surface area contributed by atoms with Gasteiger partial charge >= 0.3 is 5.97 Å². The van der Waals surface area contributed by atoms with E-state index in [9.17, 15) is 4.79 Å². The number of hydrogen-bond donors (Lipinski definition) is 1. The molecule has 0 fully saturated rings. The third-order valence-electron chi connectivity index (χ3n) is 6.65. The summed E-state index contributed by atoms with van der Waals surface area (Å²) >= 11 is 0. The van der Waals surface area contributed by atoms with Gasteiger partial charge in [-0.05, 0) is 52.6 Å². The predicted molar refractivity (Wildman–Crippen MR) is 125 cm³/mol. The van der Waals surface area contributed by atoms with Crippen LogP contribution in [-0.4, -0.2) is 17.7 Å². The van der Waals surface area contributed by atoms with Crippen LogP contribution in [0.3, 0.4) is 0 Å². The summed E-state index contributed by atoms with van der Waals surface area (Å²) in [6, 6.07) is 21.0. The molecule has 0 saturated carbocycles. The Kier molecular flexibility index (Phi) is 5.38.